The van der Waals surface area contributed by atoms with Gasteiger partial charge in [0, 0.05) is 38.4 Å². The van der Waals surface area contributed by atoms with Crippen LogP contribution in [0.15, 0.2) is 12.4 Å². The number of hydrogen-bond acceptors (Lipinski definition) is 2. The molecule has 1 fully saturated rings. The van der Waals surface area contributed by atoms with Crippen LogP contribution in [0.3, 0.4) is 0 Å². The first-order valence-electron chi connectivity index (χ1n) is 6.82. The van der Waals surface area contributed by atoms with Gasteiger partial charge >= 0.3 is 0 Å². The lowest BCUT2D eigenvalue weighted by Crippen LogP contribution is -2.33. The van der Waals surface area contributed by atoms with Crippen molar-refractivity contribution in [3.63, 3.8) is 0 Å². The van der Waals surface area contributed by atoms with E-state index in [0.717, 1.165) is 19.0 Å². The van der Waals surface area contributed by atoms with Crippen molar-refractivity contribution in [1.82, 2.24) is 14.9 Å². The second-order valence-corrected chi connectivity index (χ2v) is 5.77. The Morgan fingerprint density at radius 3 is 2.82 bits per heavy atom. The third-order valence-electron chi connectivity index (χ3n) is 4.12. The highest BCUT2D eigenvalue weighted by Gasteiger charge is 2.27. The van der Waals surface area contributed by atoms with E-state index < -0.39 is 0 Å². The van der Waals surface area contributed by atoms with Crippen LogP contribution in [0.2, 0.25) is 0 Å². The average molecular weight is 235 g/mol. The van der Waals surface area contributed by atoms with Crippen molar-refractivity contribution in [3.8, 4) is 0 Å². The lowest BCUT2D eigenvalue weighted by atomic mass is 9.82. The molecule has 0 amide bonds. The minimum Gasteiger partial charge on any atom is -0.338 e. The molecule has 0 aromatic carbocycles. The standard InChI is InChI=1S/C14H25N3/c1-4-14(2,11-16-12-5-6-12)8-7-13-15-9-10-17(13)3/h9-10,12,16H,4-8,11H2,1-3H3. The first kappa shape index (κ1) is 12.6. The third kappa shape index (κ3) is 3.56. The van der Waals surface area contributed by atoms with Gasteiger partial charge in [-0.25, -0.2) is 4.98 Å². The first-order valence-corrected chi connectivity index (χ1v) is 6.82. The van der Waals surface area contributed by atoms with Gasteiger partial charge in [0.05, 0.1) is 0 Å². The summed E-state index contributed by atoms with van der Waals surface area (Å²) in [6.07, 6.45) is 10.2. The molecule has 3 nitrogen and oxygen atoms in total. The molecule has 0 spiro atoms. The van der Waals surface area contributed by atoms with Crippen LogP contribution in [-0.2, 0) is 13.5 Å². The molecule has 2 rings (SSSR count). The molecule has 0 aliphatic heterocycles. The van der Waals surface area contributed by atoms with Crippen LogP contribution in [0.25, 0.3) is 0 Å². The fourth-order valence-corrected chi connectivity index (χ4v) is 2.12. The smallest absolute Gasteiger partial charge is 0.108 e. The summed E-state index contributed by atoms with van der Waals surface area (Å²) in [5.41, 5.74) is 0.411. The topological polar surface area (TPSA) is 29.9 Å². The Kier molecular flexibility index (Phi) is 3.87. The number of aryl methyl sites for hydroxylation is 2. The maximum absolute atomic E-state index is 4.40. The molecule has 0 bridgehead atoms. The molecule has 0 saturated heterocycles. The quantitative estimate of drug-likeness (QED) is 0.787. The molecular weight excluding hydrogens is 210 g/mol. The monoisotopic (exact) mass is 235 g/mol. The lowest BCUT2D eigenvalue weighted by molar-refractivity contribution is 0.266. The molecule has 1 aromatic heterocycles. The largest absolute Gasteiger partial charge is 0.338 e. The lowest BCUT2D eigenvalue weighted by Gasteiger charge is -2.28. The summed E-state index contributed by atoms with van der Waals surface area (Å²) in [7, 11) is 2.08. The number of nitrogens with one attached hydrogen (secondary N) is 1. The summed E-state index contributed by atoms with van der Waals surface area (Å²) >= 11 is 0. The average Bonchev–Trinajstić information content (AvgIpc) is 3.07. The van der Waals surface area contributed by atoms with Crippen molar-refractivity contribution in [2.45, 2.75) is 52.0 Å². The first-order chi connectivity index (χ1) is 8.13. The Morgan fingerprint density at radius 1 is 1.53 bits per heavy atom. The number of rotatable bonds is 7. The van der Waals surface area contributed by atoms with Crippen molar-refractivity contribution in [1.29, 1.82) is 0 Å². The van der Waals surface area contributed by atoms with E-state index in [1.165, 1.54) is 31.5 Å². The highest BCUT2D eigenvalue weighted by atomic mass is 15.0. The molecule has 1 aliphatic rings. The van der Waals surface area contributed by atoms with E-state index in [9.17, 15) is 0 Å². The second kappa shape index (κ2) is 5.21. The zero-order valence-corrected chi connectivity index (χ0v) is 11.4. The molecule has 1 N–H and O–H groups in total. The van der Waals surface area contributed by atoms with Crippen molar-refractivity contribution < 1.29 is 0 Å². The highest BCUT2D eigenvalue weighted by molar-refractivity contribution is 4.93. The van der Waals surface area contributed by atoms with Crippen LogP contribution in [0.5, 0.6) is 0 Å². The van der Waals surface area contributed by atoms with Gasteiger partial charge in [0.25, 0.3) is 0 Å². The Morgan fingerprint density at radius 2 is 2.29 bits per heavy atom. The van der Waals surface area contributed by atoms with Gasteiger partial charge in [0.1, 0.15) is 5.82 Å². The number of hydrogen-bond donors (Lipinski definition) is 1. The number of aromatic nitrogens is 2. The van der Waals surface area contributed by atoms with E-state index in [2.05, 4.69) is 35.8 Å². The molecule has 0 radical (unpaired) electrons. The molecule has 1 atom stereocenters. The molecule has 1 heterocycles. The van der Waals surface area contributed by atoms with Gasteiger partial charge in [-0.3, -0.25) is 0 Å². The van der Waals surface area contributed by atoms with Gasteiger partial charge in [-0.1, -0.05) is 13.8 Å². The molecule has 1 unspecified atom stereocenters. The van der Waals surface area contributed by atoms with Crippen LogP contribution in [0.4, 0.5) is 0 Å². The van der Waals surface area contributed by atoms with Gasteiger partial charge in [-0.2, -0.15) is 0 Å². The van der Waals surface area contributed by atoms with Crippen LogP contribution in [0, 0.1) is 5.41 Å². The minimum absolute atomic E-state index is 0.411. The summed E-state index contributed by atoms with van der Waals surface area (Å²) in [4.78, 5) is 4.40. The van der Waals surface area contributed by atoms with Gasteiger partial charge in [-0.15, -0.1) is 0 Å². The fourth-order valence-electron chi connectivity index (χ4n) is 2.12. The van der Waals surface area contributed by atoms with Crippen LogP contribution >= 0.6 is 0 Å². The minimum atomic E-state index is 0.411. The molecule has 1 aliphatic carbocycles. The van der Waals surface area contributed by atoms with Crippen molar-refractivity contribution in [2.24, 2.45) is 12.5 Å². The van der Waals surface area contributed by atoms with Crippen LogP contribution in [0.1, 0.15) is 45.4 Å². The molecule has 3 heteroatoms. The normalized spacial score (nSPS) is 19.2. The number of nitrogens with zero attached hydrogens (tertiary/aromatic N) is 2. The van der Waals surface area contributed by atoms with Gasteiger partial charge in [-0.05, 0) is 31.1 Å². The molecular formula is C14H25N3. The molecule has 96 valence electrons. The van der Waals surface area contributed by atoms with Crippen LogP contribution < -0.4 is 5.32 Å². The Hall–Kier alpha value is -0.830. The Balaban J connectivity index is 1.82. The van der Waals surface area contributed by atoms with Crippen molar-refractivity contribution >= 4 is 0 Å². The van der Waals surface area contributed by atoms with E-state index in [0.29, 0.717) is 5.41 Å². The van der Waals surface area contributed by atoms with Crippen molar-refractivity contribution in [3.05, 3.63) is 18.2 Å². The maximum Gasteiger partial charge on any atom is 0.108 e. The Labute approximate surface area is 105 Å². The summed E-state index contributed by atoms with van der Waals surface area (Å²) in [5.74, 6) is 1.20. The zero-order chi connectivity index (χ0) is 12.3. The third-order valence-corrected chi connectivity index (χ3v) is 4.12. The summed E-state index contributed by atoms with van der Waals surface area (Å²) in [6.45, 7) is 5.84. The predicted octanol–water partition coefficient (Wildman–Crippen LogP) is 2.52. The van der Waals surface area contributed by atoms with Gasteiger partial charge in [0.2, 0.25) is 0 Å². The maximum atomic E-state index is 4.40. The zero-order valence-electron chi connectivity index (χ0n) is 11.4. The molecule has 1 saturated carbocycles. The SMILES string of the molecule is CCC(C)(CCc1nccn1C)CNC1CC1. The second-order valence-electron chi connectivity index (χ2n) is 5.77. The molecule has 17 heavy (non-hydrogen) atoms. The van der Waals surface area contributed by atoms with E-state index in [-0.39, 0.29) is 0 Å². The van der Waals surface area contributed by atoms with Gasteiger partial charge < -0.3 is 9.88 Å². The predicted molar refractivity (Wildman–Crippen MR) is 71.0 cm³/mol. The van der Waals surface area contributed by atoms with E-state index >= 15 is 0 Å². The Bertz CT molecular complexity index is 354. The van der Waals surface area contributed by atoms with E-state index in [1.807, 2.05) is 12.4 Å². The van der Waals surface area contributed by atoms with Gasteiger partial charge in [0.15, 0.2) is 0 Å². The summed E-state index contributed by atoms with van der Waals surface area (Å²) < 4.78 is 2.13. The highest BCUT2D eigenvalue weighted by Crippen LogP contribution is 2.28. The molecule has 1 aromatic rings. The fraction of sp³-hybridized carbons (Fsp3) is 0.786. The summed E-state index contributed by atoms with van der Waals surface area (Å²) in [5, 5.41) is 3.67. The number of imidazole rings is 1. The van der Waals surface area contributed by atoms with E-state index in [1.54, 1.807) is 0 Å². The van der Waals surface area contributed by atoms with Crippen LogP contribution in [-0.4, -0.2) is 22.1 Å². The van der Waals surface area contributed by atoms with E-state index in [4.69, 9.17) is 0 Å². The summed E-state index contributed by atoms with van der Waals surface area (Å²) in [6, 6.07) is 0.814. The van der Waals surface area contributed by atoms with Crippen molar-refractivity contribution in [2.75, 3.05) is 6.54 Å².